The predicted molar refractivity (Wildman–Crippen MR) is 41.5 cm³/mol. The number of halogens is 2. The number of likely N-dealkylation sites (tertiary alicyclic amines) is 1. The van der Waals surface area contributed by atoms with Crippen LogP contribution in [0.2, 0.25) is 0 Å². The second-order valence-electron chi connectivity index (χ2n) is 2.29. The summed E-state index contributed by atoms with van der Waals surface area (Å²) in [5.41, 5.74) is 0. The molecule has 0 aliphatic carbocycles. The van der Waals surface area contributed by atoms with Gasteiger partial charge in [0, 0.05) is 13.1 Å². The van der Waals surface area contributed by atoms with Crippen LogP contribution in [0.1, 0.15) is 6.92 Å². The summed E-state index contributed by atoms with van der Waals surface area (Å²) < 4.78 is 0. The topological polar surface area (TPSA) is 20.3 Å². The van der Waals surface area contributed by atoms with Crippen molar-refractivity contribution in [3.05, 3.63) is 0 Å². The SMILES string of the molecule is CCN1CC(Cl)C(Cl)C1=O. The average Bonchev–Trinajstić information content (AvgIpc) is 2.17. The molecule has 0 aromatic heterocycles. The zero-order valence-electron chi connectivity index (χ0n) is 5.68. The van der Waals surface area contributed by atoms with E-state index in [0.717, 1.165) is 0 Å². The van der Waals surface area contributed by atoms with Crippen LogP contribution < -0.4 is 0 Å². The van der Waals surface area contributed by atoms with Crippen molar-refractivity contribution < 1.29 is 4.79 Å². The molecular formula is C6H9Cl2NO. The highest BCUT2D eigenvalue weighted by Crippen LogP contribution is 2.21. The third-order valence-corrected chi connectivity index (χ3v) is 2.65. The summed E-state index contributed by atoms with van der Waals surface area (Å²) in [6, 6.07) is 0. The van der Waals surface area contributed by atoms with Crippen molar-refractivity contribution in [1.82, 2.24) is 4.90 Å². The monoisotopic (exact) mass is 181 g/mol. The van der Waals surface area contributed by atoms with E-state index >= 15 is 0 Å². The molecule has 2 atom stereocenters. The quantitative estimate of drug-likeness (QED) is 0.555. The van der Waals surface area contributed by atoms with Gasteiger partial charge in [-0.2, -0.15) is 0 Å². The number of carbonyl (C=O) groups is 1. The summed E-state index contributed by atoms with van der Waals surface area (Å²) in [6.45, 7) is 3.20. The Morgan fingerprint density at radius 2 is 2.30 bits per heavy atom. The van der Waals surface area contributed by atoms with E-state index < -0.39 is 5.38 Å². The largest absolute Gasteiger partial charge is 0.340 e. The van der Waals surface area contributed by atoms with Crippen LogP contribution in [0.25, 0.3) is 0 Å². The van der Waals surface area contributed by atoms with Gasteiger partial charge in [0.25, 0.3) is 0 Å². The summed E-state index contributed by atoms with van der Waals surface area (Å²) in [5, 5.41) is -0.726. The van der Waals surface area contributed by atoms with Gasteiger partial charge in [-0.05, 0) is 6.92 Å². The van der Waals surface area contributed by atoms with Crippen molar-refractivity contribution in [2.75, 3.05) is 13.1 Å². The van der Waals surface area contributed by atoms with Gasteiger partial charge >= 0.3 is 0 Å². The van der Waals surface area contributed by atoms with E-state index in [0.29, 0.717) is 13.1 Å². The molecule has 1 amide bonds. The Labute approximate surface area is 70.1 Å². The Kier molecular flexibility index (Phi) is 2.42. The predicted octanol–water partition coefficient (Wildman–Crippen LogP) is 1.06. The summed E-state index contributed by atoms with van der Waals surface area (Å²) in [4.78, 5) is 12.7. The Bertz CT molecular complexity index is 151. The maximum absolute atomic E-state index is 11.1. The molecule has 2 nitrogen and oxygen atoms in total. The number of rotatable bonds is 1. The van der Waals surface area contributed by atoms with Crippen LogP contribution >= 0.6 is 23.2 Å². The van der Waals surface area contributed by atoms with Crippen molar-refractivity contribution in [1.29, 1.82) is 0 Å². The van der Waals surface area contributed by atoms with Crippen molar-refractivity contribution in [2.45, 2.75) is 17.7 Å². The summed E-state index contributed by atoms with van der Waals surface area (Å²) >= 11 is 11.4. The molecule has 0 bridgehead atoms. The minimum absolute atomic E-state index is 0.0378. The van der Waals surface area contributed by atoms with Gasteiger partial charge in [0.05, 0.1) is 5.38 Å². The standard InChI is InChI=1S/C6H9Cl2NO/c1-2-9-3-4(7)5(8)6(9)10/h4-5H,2-3H2,1H3. The van der Waals surface area contributed by atoms with Crippen LogP contribution in [-0.2, 0) is 4.79 Å². The molecule has 0 N–H and O–H groups in total. The highest BCUT2D eigenvalue weighted by Gasteiger charge is 2.36. The normalized spacial score (nSPS) is 33.5. The van der Waals surface area contributed by atoms with Gasteiger partial charge in [-0.15, -0.1) is 23.2 Å². The molecule has 1 rings (SSSR count). The first kappa shape index (κ1) is 8.15. The molecule has 10 heavy (non-hydrogen) atoms. The van der Waals surface area contributed by atoms with Gasteiger partial charge in [-0.1, -0.05) is 0 Å². The third-order valence-electron chi connectivity index (χ3n) is 1.64. The maximum Gasteiger partial charge on any atom is 0.242 e. The number of hydrogen-bond acceptors (Lipinski definition) is 1. The first-order valence-electron chi connectivity index (χ1n) is 3.23. The van der Waals surface area contributed by atoms with Gasteiger partial charge in [0.2, 0.25) is 5.91 Å². The van der Waals surface area contributed by atoms with Crippen molar-refractivity contribution in [2.24, 2.45) is 0 Å². The fraction of sp³-hybridized carbons (Fsp3) is 0.833. The summed E-state index contributed by atoms with van der Waals surface area (Å²) in [7, 11) is 0. The smallest absolute Gasteiger partial charge is 0.242 e. The molecule has 58 valence electrons. The summed E-state index contributed by atoms with van der Waals surface area (Å²) in [5.74, 6) is -0.0378. The second kappa shape index (κ2) is 2.97. The molecule has 1 aliphatic heterocycles. The lowest BCUT2D eigenvalue weighted by atomic mass is 10.4. The van der Waals surface area contributed by atoms with E-state index in [1.807, 2.05) is 6.92 Å². The van der Waals surface area contributed by atoms with Gasteiger partial charge in [-0.25, -0.2) is 0 Å². The van der Waals surface area contributed by atoms with Crippen molar-refractivity contribution >= 4 is 29.1 Å². The van der Waals surface area contributed by atoms with Gasteiger partial charge in [0.15, 0.2) is 0 Å². The average molecular weight is 182 g/mol. The molecular weight excluding hydrogens is 173 g/mol. The van der Waals surface area contributed by atoms with Gasteiger partial charge < -0.3 is 4.90 Å². The van der Waals surface area contributed by atoms with Crippen LogP contribution in [0.4, 0.5) is 0 Å². The lowest BCUT2D eigenvalue weighted by Gasteiger charge is -2.10. The number of amides is 1. The van der Waals surface area contributed by atoms with E-state index in [2.05, 4.69) is 0 Å². The highest BCUT2D eigenvalue weighted by atomic mass is 35.5. The fourth-order valence-corrected chi connectivity index (χ4v) is 1.50. The Morgan fingerprint density at radius 1 is 1.70 bits per heavy atom. The molecule has 0 spiro atoms. The molecule has 4 heteroatoms. The molecule has 0 aromatic carbocycles. The molecule has 1 aliphatic rings. The number of nitrogens with zero attached hydrogens (tertiary/aromatic N) is 1. The lowest BCUT2D eigenvalue weighted by Crippen LogP contribution is -2.26. The fourth-order valence-electron chi connectivity index (χ4n) is 1.01. The first-order chi connectivity index (χ1) is 4.66. The molecule has 0 radical (unpaired) electrons. The zero-order chi connectivity index (χ0) is 7.72. The highest BCUT2D eigenvalue weighted by molar-refractivity contribution is 6.38. The Hall–Kier alpha value is 0.0500. The number of alkyl halides is 2. The maximum atomic E-state index is 11.1. The number of carbonyl (C=O) groups excluding carboxylic acids is 1. The van der Waals surface area contributed by atoms with Crippen LogP contribution in [0, 0.1) is 0 Å². The number of hydrogen-bond donors (Lipinski definition) is 0. The Morgan fingerprint density at radius 3 is 2.50 bits per heavy atom. The van der Waals surface area contributed by atoms with E-state index in [-0.39, 0.29) is 11.3 Å². The van der Waals surface area contributed by atoms with E-state index in [9.17, 15) is 4.79 Å². The van der Waals surface area contributed by atoms with Crippen molar-refractivity contribution in [3.8, 4) is 0 Å². The van der Waals surface area contributed by atoms with E-state index in [4.69, 9.17) is 23.2 Å². The molecule has 1 heterocycles. The van der Waals surface area contributed by atoms with Crippen LogP contribution in [0.3, 0.4) is 0 Å². The second-order valence-corrected chi connectivity index (χ2v) is 3.33. The van der Waals surface area contributed by atoms with E-state index in [1.165, 1.54) is 0 Å². The molecule has 1 saturated heterocycles. The molecule has 0 aromatic rings. The van der Waals surface area contributed by atoms with Crippen LogP contribution in [-0.4, -0.2) is 34.7 Å². The van der Waals surface area contributed by atoms with Crippen LogP contribution in [0.15, 0.2) is 0 Å². The van der Waals surface area contributed by atoms with Gasteiger partial charge in [-0.3, -0.25) is 4.79 Å². The van der Waals surface area contributed by atoms with Gasteiger partial charge in [0.1, 0.15) is 5.38 Å². The first-order valence-corrected chi connectivity index (χ1v) is 4.11. The minimum atomic E-state index is -0.512. The van der Waals surface area contributed by atoms with Crippen molar-refractivity contribution in [3.63, 3.8) is 0 Å². The van der Waals surface area contributed by atoms with E-state index in [1.54, 1.807) is 4.90 Å². The van der Waals surface area contributed by atoms with Crippen LogP contribution in [0.5, 0.6) is 0 Å². The zero-order valence-corrected chi connectivity index (χ0v) is 7.19. The molecule has 1 fully saturated rings. The summed E-state index contributed by atoms with van der Waals surface area (Å²) in [6.07, 6.45) is 0. The minimum Gasteiger partial charge on any atom is -0.340 e. The third kappa shape index (κ3) is 1.23. The molecule has 0 saturated carbocycles. The molecule has 2 unspecified atom stereocenters. The Balaban J connectivity index is 2.62. The lowest BCUT2D eigenvalue weighted by molar-refractivity contribution is -0.127.